The smallest absolute Gasteiger partial charge is 0.105 e. The van der Waals surface area contributed by atoms with E-state index in [-0.39, 0.29) is 5.92 Å². The van der Waals surface area contributed by atoms with Gasteiger partial charge in [0.1, 0.15) is 5.82 Å². The Morgan fingerprint density at radius 1 is 1.69 bits per heavy atom. The van der Waals surface area contributed by atoms with Crippen LogP contribution < -0.4 is 5.73 Å². The topological polar surface area (TPSA) is 47.1 Å². The van der Waals surface area contributed by atoms with Gasteiger partial charge < -0.3 is 15.2 Å². The highest BCUT2D eigenvalue weighted by atomic mass is 32.1. The summed E-state index contributed by atoms with van der Waals surface area (Å²) in [6.07, 6.45) is 3.83. The lowest BCUT2D eigenvalue weighted by Crippen LogP contribution is -2.33. The van der Waals surface area contributed by atoms with Crippen molar-refractivity contribution in [2.24, 2.45) is 11.7 Å². The maximum atomic E-state index is 5.59. The van der Waals surface area contributed by atoms with E-state index in [4.69, 9.17) is 18.0 Å². The van der Waals surface area contributed by atoms with Crippen molar-refractivity contribution < 1.29 is 0 Å². The minimum atomic E-state index is 0.267. The fourth-order valence-corrected chi connectivity index (χ4v) is 1.64. The second kappa shape index (κ2) is 5.96. The van der Waals surface area contributed by atoms with E-state index in [1.165, 1.54) is 0 Å². The van der Waals surface area contributed by atoms with Crippen LogP contribution in [0.15, 0.2) is 12.4 Å². The molecule has 0 aliphatic carbocycles. The first-order valence-electron chi connectivity index (χ1n) is 5.46. The van der Waals surface area contributed by atoms with Gasteiger partial charge in [-0.1, -0.05) is 19.1 Å². The van der Waals surface area contributed by atoms with Gasteiger partial charge in [0.25, 0.3) is 0 Å². The van der Waals surface area contributed by atoms with Crippen molar-refractivity contribution in [3.8, 4) is 0 Å². The van der Waals surface area contributed by atoms with Crippen LogP contribution in [-0.4, -0.2) is 39.6 Å². The second-order valence-corrected chi connectivity index (χ2v) is 4.70. The Morgan fingerprint density at radius 3 is 2.88 bits per heavy atom. The maximum absolute atomic E-state index is 5.59. The lowest BCUT2D eigenvalue weighted by atomic mass is 10.2. The van der Waals surface area contributed by atoms with E-state index in [1.54, 1.807) is 0 Å². The van der Waals surface area contributed by atoms with Crippen LogP contribution in [0, 0.1) is 12.8 Å². The molecular weight excluding hydrogens is 220 g/mol. The van der Waals surface area contributed by atoms with Gasteiger partial charge in [0, 0.05) is 37.9 Å². The van der Waals surface area contributed by atoms with Crippen molar-refractivity contribution in [1.82, 2.24) is 14.5 Å². The van der Waals surface area contributed by atoms with Gasteiger partial charge >= 0.3 is 0 Å². The van der Waals surface area contributed by atoms with Gasteiger partial charge in [-0.3, -0.25) is 0 Å². The third-order valence-electron chi connectivity index (χ3n) is 2.72. The number of aromatic nitrogens is 2. The van der Waals surface area contributed by atoms with Gasteiger partial charge in [0.15, 0.2) is 0 Å². The molecule has 5 heteroatoms. The first kappa shape index (κ1) is 13.1. The molecule has 90 valence electrons. The lowest BCUT2D eigenvalue weighted by molar-refractivity contribution is 0.300. The molecule has 0 amide bonds. The number of imidazole rings is 1. The van der Waals surface area contributed by atoms with Crippen LogP contribution in [-0.2, 0) is 6.54 Å². The van der Waals surface area contributed by atoms with Gasteiger partial charge in [0.2, 0.25) is 0 Å². The zero-order valence-electron chi connectivity index (χ0n) is 10.2. The average Bonchev–Trinajstić information content (AvgIpc) is 2.61. The molecule has 1 atom stereocenters. The van der Waals surface area contributed by atoms with Crippen molar-refractivity contribution in [3.05, 3.63) is 18.2 Å². The van der Waals surface area contributed by atoms with Crippen molar-refractivity contribution >= 4 is 17.2 Å². The summed E-state index contributed by atoms with van der Waals surface area (Å²) < 4.78 is 2.14. The highest BCUT2D eigenvalue weighted by molar-refractivity contribution is 7.80. The van der Waals surface area contributed by atoms with Crippen LogP contribution in [0.25, 0.3) is 0 Å². The molecule has 2 N–H and O–H groups in total. The third-order valence-corrected chi connectivity index (χ3v) is 3.12. The first-order chi connectivity index (χ1) is 7.50. The fourth-order valence-electron chi connectivity index (χ4n) is 1.57. The number of rotatable bonds is 6. The van der Waals surface area contributed by atoms with E-state index in [0.717, 1.165) is 25.5 Å². The van der Waals surface area contributed by atoms with Crippen LogP contribution in [0.4, 0.5) is 0 Å². The summed E-state index contributed by atoms with van der Waals surface area (Å²) in [6, 6.07) is 0. The van der Waals surface area contributed by atoms with Crippen molar-refractivity contribution in [2.45, 2.75) is 20.4 Å². The van der Waals surface area contributed by atoms with Crippen LogP contribution >= 0.6 is 12.2 Å². The molecule has 1 heterocycles. The number of thiocarbonyl (C=S) groups is 1. The Labute approximate surface area is 102 Å². The molecule has 0 fully saturated rings. The molecule has 0 saturated heterocycles. The number of hydrogen-bond acceptors (Lipinski definition) is 3. The summed E-state index contributed by atoms with van der Waals surface area (Å²) in [5.41, 5.74) is 5.59. The van der Waals surface area contributed by atoms with Crippen LogP contribution in [0.5, 0.6) is 0 Å². The summed E-state index contributed by atoms with van der Waals surface area (Å²) in [5.74, 6) is 1.32. The maximum Gasteiger partial charge on any atom is 0.105 e. The molecule has 0 aromatic carbocycles. The number of nitrogens with zero attached hydrogens (tertiary/aromatic N) is 3. The van der Waals surface area contributed by atoms with Crippen molar-refractivity contribution in [2.75, 3.05) is 20.1 Å². The normalized spacial score (nSPS) is 13.0. The summed E-state index contributed by atoms with van der Waals surface area (Å²) >= 11 is 4.96. The Kier molecular flexibility index (Phi) is 4.89. The molecule has 0 radical (unpaired) electrons. The third kappa shape index (κ3) is 3.90. The molecule has 0 saturated carbocycles. The number of likely N-dealkylation sites (N-methyl/N-ethyl adjacent to an activating group) is 1. The van der Waals surface area contributed by atoms with E-state index < -0.39 is 0 Å². The van der Waals surface area contributed by atoms with E-state index in [0.29, 0.717) is 4.99 Å². The zero-order valence-corrected chi connectivity index (χ0v) is 11.0. The van der Waals surface area contributed by atoms with Gasteiger partial charge in [-0.2, -0.15) is 0 Å². The summed E-state index contributed by atoms with van der Waals surface area (Å²) in [7, 11) is 2.08. The Bertz CT molecular complexity index is 348. The standard InChI is InChI=1S/C11H20N4S/c1-9(11(12)16)8-14(3)6-7-15-5-4-13-10(15)2/h4-5,9H,6-8H2,1-3H3,(H2,12,16). The fraction of sp³-hybridized carbons (Fsp3) is 0.636. The summed E-state index contributed by atoms with van der Waals surface area (Å²) in [5, 5.41) is 0. The molecule has 0 aliphatic heterocycles. The molecule has 16 heavy (non-hydrogen) atoms. The highest BCUT2D eigenvalue weighted by Crippen LogP contribution is 2.00. The minimum absolute atomic E-state index is 0.267. The van der Waals surface area contributed by atoms with Crippen molar-refractivity contribution in [1.29, 1.82) is 0 Å². The summed E-state index contributed by atoms with van der Waals surface area (Å²) in [6.45, 7) is 6.90. The van der Waals surface area contributed by atoms with E-state index in [1.807, 2.05) is 19.3 Å². The summed E-state index contributed by atoms with van der Waals surface area (Å²) in [4.78, 5) is 7.02. The number of hydrogen-bond donors (Lipinski definition) is 1. The molecule has 1 unspecified atom stereocenters. The Hall–Kier alpha value is -0.940. The highest BCUT2D eigenvalue weighted by Gasteiger charge is 2.08. The van der Waals surface area contributed by atoms with E-state index in [9.17, 15) is 0 Å². The molecule has 1 aromatic heterocycles. The van der Waals surface area contributed by atoms with Gasteiger partial charge in [-0.25, -0.2) is 4.98 Å². The monoisotopic (exact) mass is 240 g/mol. The van der Waals surface area contributed by atoms with Crippen LogP contribution in [0.1, 0.15) is 12.7 Å². The molecular formula is C11H20N4S. The molecule has 4 nitrogen and oxygen atoms in total. The van der Waals surface area contributed by atoms with Crippen molar-refractivity contribution in [3.63, 3.8) is 0 Å². The molecule has 0 spiro atoms. The predicted molar refractivity (Wildman–Crippen MR) is 70.4 cm³/mol. The van der Waals surface area contributed by atoms with Crippen LogP contribution in [0.3, 0.4) is 0 Å². The van der Waals surface area contributed by atoms with Crippen LogP contribution in [0.2, 0.25) is 0 Å². The largest absolute Gasteiger partial charge is 0.393 e. The Balaban J connectivity index is 2.33. The number of nitrogens with two attached hydrogens (primary N) is 1. The molecule has 0 bridgehead atoms. The average molecular weight is 240 g/mol. The second-order valence-electron chi connectivity index (χ2n) is 4.23. The Morgan fingerprint density at radius 2 is 2.38 bits per heavy atom. The van der Waals surface area contributed by atoms with E-state index in [2.05, 4.69) is 28.4 Å². The molecule has 1 rings (SSSR count). The molecule has 1 aromatic rings. The molecule has 0 aliphatic rings. The zero-order chi connectivity index (χ0) is 12.1. The number of aryl methyl sites for hydroxylation is 1. The minimum Gasteiger partial charge on any atom is -0.393 e. The quantitative estimate of drug-likeness (QED) is 0.755. The predicted octanol–water partition coefficient (Wildman–Crippen LogP) is 1.05. The lowest BCUT2D eigenvalue weighted by Gasteiger charge is -2.20. The van der Waals surface area contributed by atoms with Gasteiger partial charge in [-0.05, 0) is 14.0 Å². The van der Waals surface area contributed by atoms with Gasteiger partial charge in [-0.15, -0.1) is 0 Å². The van der Waals surface area contributed by atoms with Gasteiger partial charge in [0.05, 0.1) is 4.99 Å². The van der Waals surface area contributed by atoms with E-state index >= 15 is 0 Å². The SMILES string of the molecule is Cc1nccn1CCN(C)CC(C)C(N)=S. The first-order valence-corrected chi connectivity index (χ1v) is 5.87.